The van der Waals surface area contributed by atoms with Crippen molar-refractivity contribution in [3.8, 4) is 5.69 Å². The molecule has 0 atom stereocenters. The van der Waals surface area contributed by atoms with Gasteiger partial charge in [0.2, 0.25) is 0 Å². The van der Waals surface area contributed by atoms with Gasteiger partial charge in [0, 0.05) is 25.5 Å². The molecule has 0 aliphatic rings. The number of nitrogens with one attached hydrogen (secondary N) is 1. The van der Waals surface area contributed by atoms with Crippen LogP contribution in [-0.4, -0.2) is 25.0 Å². The van der Waals surface area contributed by atoms with Crippen LogP contribution in [0.5, 0.6) is 0 Å². The van der Waals surface area contributed by atoms with Gasteiger partial charge in [-0.2, -0.15) is 15.0 Å². The monoisotopic (exact) mass is 280 g/mol. The van der Waals surface area contributed by atoms with Gasteiger partial charge in [-0.05, 0) is 19.1 Å². The fourth-order valence-electron chi connectivity index (χ4n) is 1.89. The smallest absolute Gasteiger partial charge is 0.0969 e. The summed E-state index contributed by atoms with van der Waals surface area (Å²) in [6.07, 6.45) is 5.31. The Morgan fingerprint density at radius 3 is 2.52 bits per heavy atom. The highest BCUT2D eigenvalue weighted by Gasteiger charge is 2.02. The van der Waals surface area contributed by atoms with Crippen molar-refractivity contribution in [3.05, 3.63) is 66.0 Å². The van der Waals surface area contributed by atoms with E-state index in [1.54, 1.807) is 23.4 Å². The second-order valence-electron chi connectivity index (χ2n) is 4.71. The number of nitrogens with zero attached hydrogens (tertiary/aromatic N) is 5. The van der Waals surface area contributed by atoms with E-state index < -0.39 is 0 Å². The highest BCUT2D eigenvalue weighted by Crippen LogP contribution is 2.04. The average Bonchev–Trinajstić information content (AvgIpc) is 2.99. The molecule has 106 valence electrons. The van der Waals surface area contributed by atoms with Crippen LogP contribution < -0.4 is 5.32 Å². The highest BCUT2D eigenvalue weighted by molar-refractivity contribution is 5.28. The predicted octanol–water partition coefficient (Wildman–Crippen LogP) is 1.66. The maximum Gasteiger partial charge on any atom is 0.0969 e. The van der Waals surface area contributed by atoms with Crippen molar-refractivity contribution in [2.75, 3.05) is 0 Å². The number of para-hydroxylation sites is 1. The fraction of sp³-hybridized carbons (Fsp3) is 0.200. The number of rotatable bonds is 5. The number of benzene rings is 1. The maximum atomic E-state index is 4.43. The van der Waals surface area contributed by atoms with E-state index in [0.29, 0.717) is 13.1 Å². The summed E-state index contributed by atoms with van der Waals surface area (Å²) in [5, 5.41) is 12.0. The largest absolute Gasteiger partial charge is 0.305 e. The van der Waals surface area contributed by atoms with Crippen molar-refractivity contribution < 1.29 is 0 Å². The Hall–Kier alpha value is -2.60. The lowest BCUT2D eigenvalue weighted by Gasteiger charge is -2.02. The molecule has 2 aromatic heterocycles. The predicted molar refractivity (Wildman–Crippen MR) is 78.7 cm³/mol. The molecule has 0 bridgehead atoms. The van der Waals surface area contributed by atoms with Gasteiger partial charge < -0.3 is 5.32 Å². The van der Waals surface area contributed by atoms with E-state index in [-0.39, 0.29) is 0 Å². The van der Waals surface area contributed by atoms with Crippen molar-refractivity contribution in [3.63, 3.8) is 0 Å². The quantitative estimate of drug-likeness (QED) is 0.769. The number of hydrogen-bond acceptors (Lipinski definition) is 5. The molecule has 0 saturated heterocycles. The summed E-state index contributed by atoms with van der Waals surface area (Å²) in [5.74, 6) is 0. The van der Waals surface area contributed by atoms with Crippen molar-refractivity contribution in [1.29, 1.82) is 0 Å². The van der Waals surface area contributed by atoms with E-state index in [4.69, 9.17) is 0 Å². The van der Waals surface area contributed by atoms with Gasteiger partial charge in [0.05, 0.1) is 29.0 Å². The van der Waals surface area contributed by atoms with Crippen LogP contribution in [-0.2, 0) is 13.1 Å². The summed E-state index contributed by atoms with van der Waals surface area (Å²) >= 11 is 0. The van der Waals surface area contributed by atoms with Gasteiger partial charge in [-0.3, -0.25) is 9.97 Å². The Bertz CT molecular complexity index is 690. The van der Waals surface area contributed by atoms with Gasteiger partial charge in [-0.25, -0.2) is 0 Å². The van der Waals surface area contributed by atoms with E-state index in [9.17, 15) is 0 Å². The minimum Gasteiger partial charge on any atom is -0.305 e. The molecule has 0 unspecified atom stereocenters. The summed E-state index contributed by atoms with van der Waals surface area (Å²) in [6, 6.07) is 9.84. The van der Waals surface area contributed by atoms with Crippen LogP contribution in [0.15, 0.2) is 48.9 Å². The molecule has 2 heterocycles. The second-order valence-corrected chi connectivity index (χ2v) is 4.71. The summed E-state index contributed by atoms with van der Waals surface area (Å²) in [6.45, 7) is 3.22. The van der Waals surface area contributed by atoms with Crippen molar-refractivity contribution in [2.24, 2.45) is 0 Å². The summed E-state index contributed by atoms with van der Waals surface area (Å²) < 4.78 is 0. The van der Waals surface area contributed by atoms with Gasteiger partial charge in [-0.1, -0.05) is 18.2 Å². The third-order valence-electron chi connectivity index (χ3n) is 2.97. The van der Waals surface area contributed by atoms with Crippen LogP contribution in [0.4, 0.5) is 0 Å². The lowest BCUT2D eigenvalue weighted by molar-refractivity contribution is 0.651. The first-order valence-corrected chi connectivity index (χ1v) is 6.76. The topological polar surface area (TPSA) is 68.5 Å². The van der Waals surface area contributed by atoms with Gasteiger partial charge in [0.25, 0.3) is 0 Å². The van der Waals surface area contributed by atoms with E-state index in [2.05, 4.69) is 25.5 Å². The van der Waals surface area contributed by atoms with E-state index >= 15 is 0 Å². The minimum absolute atomic E-state index is 0.641. The standard InChI is InChI=1S/C15H16N6/c1-12-7-18-13(10-17-12)8-16-9-14-11-19-21(20-14)15-5-3-2-4-6-15/h2-7,10-11,16H,8-9H2,1H3. The maximum absolute atomic E-state index is 4.43. The zero-order valence-corrected chi connectivity index (χ0v) is 11.8. The average molecular weight is 280 g/mol. The Morgan fingerprint density at radius 2 is 1.76 bits per heavy atom. The molecular formula is C15H16N6. The molecule has 0 spiro atoms. The lowest BCUT2D eigenvalue weighted by atomic mass is 10.3. The molecule has 0 aliphatic carbocycles. The summed E-state index contributed by atoms with van der Waals surface area (Å²) in [7, 11) is 0. The lowest BCUT2D eigenvalue weighted by Crippen LogP contribution is -2.14. The van der Waals surface area contributed by atoms with E-state index in [1.807, 2.05) is 37.3 Å². The molecule has 3 rings (SSSR count). The van der Waals surface area contributed by atoms with E-state index in [0.717, 1.165) is 22.8 Å². The molecule has 0 radical (unpaired) electrons. The van der Waals surface area contributed by atoms with E-state index in [1.165, 1.54) is 0 Å². The molecule has 6 nitrogen and oxygen atoms in total. The highest BCUT2D eigenvalue weighted by atomic mass is 15.5. The van der Waals surface area contributed by atoms with Crippen LogP contribution in [0.3, 0.4) is 0 Å². The Labute approximate surface area is 122 Å². The molecule has 21 heavy (non-hydrogen) atoms. The summed E-state index contributed by atoms with van der Waals surface area (Å²) in [4.78, 5) is 10.1. The molecule has 0 fully saturated rings. The summed E-state index contributed by atoms with van der Waals surface area (Å²) in [5.41, 5.74) is 3.67. The number of aryl methyl sites for hydroxylation is 1. The van der Waals surface area contributed by atoms with Crippen LogP contribution in [0.25, 0.3) is 5.69 Å². The van der Waals surface area contributed by atoms with Crippen molar-refractivity contribution >= 4 is 0 Å². The van der Waals surface area contributed by atoms with Gasteiger partial charge >= 0.3 is 0 Å². The van der Waals surface area contributed by atoms with Crippen LogP contribution >= 0.6 is 0 Å². The first kappa shape index (κ1) is 13.4. The SMILES string of the molecule is Cc1cnc(CNCc2cnn(-c3ccccc3)n2)cn1. The second kappa shape index (κ2) is 6.23. The fourth-order valence-corrected chi connectivity index (χ4v) is 1.89. The third kappa shape index (κ3) is 3.49. The van der Waals surface area contributed by atoms with Crippen molar-refractivity contribution in [2.45, 2.75) is 20.0 Å². The minimum atomic E-state index is 0.641. The van der Waals surface area contributed by atoms with Gasteiger partial charge in [-0.15, -0.1) is 0 Å². The Balaban J connectivity index is 1.57. The zero-order chi connectivity index (χ0) is 14.5. The van der Waals surface area contributed by atoms with Crippen LogP contribution in [0.1, 0.15) is 17.1 Å². The molecule has 1 aromatic carbocycles. The molecular weight excluding hydrogens is 264 g/mol. The zero-order valence-electron chi connectivity index (χ0n) is 11.8. The molecule has 3 aromatic rings. The first-order valence-electron chi connectivity index (χ1n) is 6.76. The Morgan fingerprint density at radius 1 is 0.952 bits per heavy atom. The van der Waals surface area contributed by atoms with Crippen molar-refractivity contribution in [1.82, 2.24) is 30.3 Å². The first-order chi connectivity index (χ1) is 10.3. The molecule has 0 amide bonds. The molecule has 1 N–H and O–H groups in total. The Kier molecular flexibility index (Phi) is 3.97. The molecule has 6 heteroatoms. The third-order valence-corrected chi connectivity index (χ3v) is 2.97. The molecule has 0 saturated carbocycles. The van der Waals surface area contributed by atoms with Crippen LogP contribution in [0, 0.1) is 6.92 Å². The number of hydrogen-bond donors (Lipinski definition) is 1. The van der Waals surface area contributed by atoms with Crippen LogP contribution in [0.2, 0.25) is 0 Å². The van der Waals surface area contributed by atoms with Gasteiger partial charge in [0.1, 0.15) is 0 Å². The van der Waals surface area contributed by atoms with Gasteiger partial charge in [0.15, 0.2) is 0 Å². The normalized spacial score (nSPS) is 10.7. The number of aromatic nitrogens is 5. The molecule has 0 aliphatic heterocycles.